The summed E-state index contributed by atoms with van der Waals surface area (Å²) in [6, 6.07) is 34.1. The van der Waals surface area contributed by atoms with E-state index in [0.29, 0.717) is 28.0 Å². The SMILES string of the molecule is COc1cccc([C@H](CC(=O)N2C(=O)OC[C@H]2c2ccccc2)[C@@H](N=C(c2ccccc2)c2ccccc2[N-]C(=O)c2ccccn2)C(=O)O)c1.[Ni]. The third-order valence-corrected chi connectivity index (χ3v) is 8.46. The van der Waals surface area contributed by atoms with Crippen LogP contribution in [-0.2, 0) is 30.8 Å². The van der Waals surface area contributed by atoms with Gasteiger partial charge in [0.1, 0.15) is 24.3 Å². The minimum Gasteiger partial charge on any atom is -0.621 e. The molecule has 0 spiro atoms. The number of aliphatic imine (C=N–C) groups is 1. The topological polar surface area (TPSA) is 150 Å². The molecule has 1 fully saturated rings. The normalized spacial score (nSPS) is 15.1. The van der Waals surface area contributed by atoms with E-state index in [1.807, 2.05) is 12.1 Å². The zero-order valence-electron chi connectivity index (χ0n) is 27.8. The molecule has 1 N–H and O–H groups in total. The molecule has 2 heterocycles. The second kappa shape index (κ2) is 17.2. The summed E-state index contributed by atoms with van der Waals surface area (Å²) < 4.78 is 10.8. The van der Waals surface area contributed by atoms with E-state index in [4.69, 9.17) is 14.5 Å². The Morgan fingerprint density at radius 1 is 0.923 bits per heavy atom. The van der Waals surface area contributed by atoms with Crippen LogP contribution in [0.4, 0.5) is 10.5 Å². The van der Waals surface area contributed by atoms with Crippen LogP contribution in [0.5, 0.6) is 5.75 Å². The summed E-state index contributed by atoms with van der Waals surface area (Å²) in [5.41, 5.74) is 2.73. The molecule has 0 bridgehead atoms. The van der Waals surface area contributed by atoms with Crippen LogP contribution >= 0.6 is 0 Å². The van der Waals surface area contributed by atoms with Crippen molar-refractivity contribution in [1.29, 1.82) is 0 Å². The van der Waals surface area contributed by atoms with E-state index in [1.165, 1.54) is 13.3 Å². The average molecular weight is 740 g/mol. The van der Waals surface area contributed by atoms with Gasteiger partial charge in [0.2, 0.25) is 5.91 Å². The Labute approximate surface area is 310 Å². The first-order valence-corrected chi connectivity index (χ1v) is 16.1. The first-order chi connectivity index (χ1) is 24.8. The zero-order chi connectivity index (χ0) is 35.7. The van der Waals surface area contributed by atoms with Gasteiger partial charge in [-0.3, -0.25) is 14.8 Å². The van der Waals surface area contributed by atoms with Crippen molar-refractivity contribution in [2.45, 2.75) is 24.4 Å². The van der Waals surface area contributed by atoms with E-state index >= 15 is 0 Å². The van der Waals surface area contributed by atoms with Crippen molar-refractivity contribution >= 4 is 35.3 Å². The minimum absolute atomic E-state index is 0. The summed E-state index contributed by atoms with van der Waals surface area (Å²) in [6.07, 6.45) is 0.275. The van der Waals surface area contributed by atoms with Crippen LogP contribution in [0, 0.1) is 0 Å². The van der Waals surface area contributed by atoms with Gasteiger partial charge in [0, 0.05) is 40.6 Å². The number of ether oxygens (including phenoxy) is 2. The molecule has 1 aliphatic heterocycles. The molecule has 0 unspecified atom stereocenters. The van der Waals surface area contributed by atoms with Gasteiger partial charge in [0.05, 0.1) is 18.5 Å². The number of cyclic esters (lactones) is 1. The monoisotopic (exact) mass is 739 g/mol. The number of para-hydroxylation sites is 1. The first-order valence-electron chi connectivity index (χ1n) is 16.1. The summed E-state index contributed by atoms with van der Waals surface area (Å²) in [4.78, 5) is 63.6. The number of aliphatic carboxylic acids is 1. The second-order valence-electron chi connectivity index (χ2n) is 11.6. The van der Waals surface area contributed by atoms with Gasteiger partial charge in [0.15, 0.2) is 6.04 Å². The van der Waals surface area contributed by atoms with Crippen molar-refractivity contribution in [3.05, 3.63) is 167 Å². The molecule has 52 heavy (non-hydrogen) atoms. The Hall–Kier alpha value is -6.13. The fourth-order valence-electron chi connectivity index (χ4n) is 5.97. The number of methoxy groups -OCH3 is 1. The Bertz CT molecular complexity index is 2060. The van der Waals surface area contributed by atoms with Gasteiger partial charge < -0.3 is 24.7 Å². The Morgan fingerprint density at radius 3 is 2.31 bits per heavy atom. The molecule has 3 atom stereocenters. The van der Waals surface area contributed by atoms with Crippen LogP contribution < -0.4 is 4.74 Å². The smallest absolute Gasteiger partial charge is 0.417 e. The van der Waals surface area contributed by atoms with Crippen molar-refractivity contribution < 1.29 is 50.2 Å². The van der Waals surface area contributed by atoms with Crippen LogP contribution in [0.1, 0.15) is 51.1 Å². The molecule has 0 saturated carbocycles. The number of carbonyl (C=O) groups is 4. The maximum absolute atomic E-state index is 14.1. The summed E-state index contributed by atoms with van der Waals surface area (Å²) in [7, 11) is 1.48. The number of nitrogens with zero attached hydrogens (tertiary/aromatic N) is 4. The molecule has 0 radical (unpaired) electrons. The number of aromatic nitrogens is 1. The van der Waals surface area contributed by atoms with E-state index in [2.05, 4.69) is 10.3 Å². The molecule has 1 saturated heterocycles. The zero-order valence-corrected chi connectivity index (χ0v) is 28.8. The number of amides is 3. The van der Waals surface area contributed by atoms with Gasteiger partial charge >= 0.3 is 12.1 Å². The summed E-state index contributed by atoms with van der Waals surface area (Å²) in [6.45, 7) is -0.0331. The number of benzene rings is 4. The molecule has 6 rings (SSSR count). The standard InChI is InChI=1S/C40H34N4O7.Ni/c1-50-29-18-12-17-28(23-29)31(24-35(45)44-34(25-51-40(44)49)26-13-4-2-5-14-26)37(39(47)48)43-36(27-15-6-3-7-16-27)30-19-8-9-20-32(30)42-38(46)33-21-10-11-22-41-33;/h2-23,31,34,37H,24-25H2,1H3,(H2,42,43,46,47,48);/p-1/t31-,34-,37+;/m0./s1. The number of carboxylic acids is 1. The fourth-order valence-corrected chi connectivity index (χ4v) is 5.97. The summed E-state index contributed by atoms with van der Waals surface area (Å²) in [5, 5.41) is 15.2. The van der Waals surface area contributed by atoms with Gasteiger partial charge in [0.25, 0.3) is 0 Å². The van der Waals surface area contributed by atoms with E-state index in [9.17, 15) is 24.3 Å². The summed E-state index contributed by atoms with van der Waals surface area (Å²) >= 11 is 0. The van der Waals surface area contributed by atoms with Crippen LogP contribution in [-0.4, -0.2) is 64.3 Å². The molecular formula is C40H33N4NiO7-. The van der Waals surface area contributed by atoms with Crippen LogP contribution in [0.15, 0.2) is 139 Å². The summed E-state index contributed by atoms with van der Waals surface area (Å²) in [5.74, 6) is -3.16. The number of rotatable bonds is 12. The molecule has 11 nitrogen and oxygen atoms in total. The predicted octanol–water partition coefficient (Wildman–Crippen LogP) is 7.12. The van der Waals surface area contributed by atoms with Crippen LogP contribution in [0.25, 0.3) is 5.32 Å². The second-order valence-corrected chi connectivity index (χ2v) is 11.6. The molecule has 12 heteroatoms. The van der Waals surface area contributed by atoms with Crippen molar-refractivity contribution in [2.75, 3.05) is 13.7 Å². The number of carboxylic acid groups (broad SMARTS) is 1. The average Bonchev–Trinajstić information content (AvgIpc) is 3.57. The van der Waals surface area contributed by atoms with Crippen LogP contribution in [0.2, 0.25) is 0 Å². The quantitative estimate of drug-likeness (QED) is 0.105. The van der Waals surface area contributed by atoms with Gasteiger partial charge in [-0.2, -0.15) is 0 Å². The van der Waals surface area contributed by atoms with E-state index in [1.54, 1.807) is 115 Å². The maximum Gasteiger partial charge on any atom is 0.417 e. The number of pyridine rings is 1. The Kier molecular flexibility index (Phi) is 12.3. The van der Waals surface area contributed by atoms with E-state index in [0.717, 1.165) is 4.90 Å². The first kappa shape index (κ1) is 37.1. The van der Waals surface area contributed by atoms with Crippen molar-refractivity contribution in [3.8, 4) is 5.75 Å². The Balaban J connectivity index is 0.00000523. The fraction of sp³-hybridized carbons (Fsp3) is 0.150. The van der Waals surface area contributed by atoms with Gasteiger partial charge in [-0.05, 0) is 41.0 Å². The number of imide groups is 1. The molecular weight excluding hydrogens is 707 g/mol. The van der Waals surface area contributed by atoms with Gasteiger partial charge in [-0.15, -0.1) is 5.69 Å². The molecule has 3 amide bonds. The van der Waals surface area contributed by atoms with E-state index in [-0.39, 0.29) is 40.2 Å². The minimum atomic E-state index is -1.55. The molecule has 4 aromatic carbocycles. The number of hydrogen-bond acceptors (Lipinski definition) is 8. The molecule has 1 aliphatic rings. The largest absolute Gasteiger partial charge is 0.621 e. The van der Waals surface area contributed by atoms with Crippen molar-refractivity contribution in [1.82, 2.24) is 9.88 Å². The molecule has 266 valence electrons. The number of carbonyl (C=O) groups excluding carboxylic acids is 3. The predicted molar refractivity (Wildman–Crippen MR) is 189 cm³/mol. The Morgan fingerprint density at radius 2 is 1.62 bits per heavy atom. The third kappa shape index (κ3) is 8.42. The van der Waals surface area contributed by atoms with Gasteiger partial charge in [-0.25, -0.2) is 14.5 Å². The maximum atomic E-state index is 14.1. The third-order valence-electron chi connectivity index (χ3n) is 8.46. The van der Waals surface area contributed by atoms with Gasteiger partial charge in [-0.1, -0.05) is 103 Å². The molecule has 5 aromatic rings. The molecule has 0 aliphatic carbocycles. The van der Waals surface area contributed by atoms with E-state index < -0.39 is 48.3 Å². The van der Waals surface area contributed by atoms with Crippen LogP contribution in [0.3, 0.4) is 0 Å². The van der Waals surface area contributed by atoms with Crippen molar-refractivity contribution in [2.24, 2.45) is 4.99 Å². The number of hydrogen-bond donors (Lipinski definition) is 1. The van der Waals surface area contributed by atoms with Crippen molar-refractivity contribution in [3.63, 3.8) is 0 Å². The molecule has 1 aromatic heterocycles.